The van der Waals surface area contributed by atoms with Crippen LogP contribution < -0.4 is 10.1 Å². The zero-order valence-electron chi connectivity index (χ0n) is 30.7. The van der Waals surface area contributed by atoms with Gasteiger partial charge in [0.2, 0.25) is 15.9 Å². The van der Waals surface area contributed by atoms with Crippen molar-refractivity contribution in [1.29, 1.82) is 0 Å². The number of hydrogen-bond donors (Lipinski definition) is 1. The van der Waals surface area contributed by atoms with E-state index < -0.39 is 33.1 Å². The summed E-state index contributed by atoms with van der Waals surface area (Å²) in [6.07, 6.45) is -1.20. The molecule has 1 amide bonds. The molecule has 6 rings (SSSR count). The van der Waals surface area contributed by atoms with E-state index in [1.54, 1.807) is 36.3 Å². The minimum Gasteiger partial charge on any atom is -0.494 e. The van der Waals surface area contributed by atoms with Crippen molar-refractivity contribution >= 4 is 32.7 Å². The highest BCUT2D eigenvalue weighted by Crippen LogP contribution is 2.47. The van der Waals surface area contributed by atoms with Crippen molar-refractivity contribution < 1.29 is 31.1 Å². The van der Waals surface area contributed by atoms with Crippen molar-refractivity contribution in [2.45, 2.75) is 78.0 Å². The molecule has 5 aromatic rings. The summed E-state index contributed by atoms with van der Waals surface area (Å²) < 4.78 is 78.5. The molecule has 53 heavy (non-hydrogen) atoms. The minimum absolute atomic E-state index is 0.0801. The summed E-state index contributed by atoms with van der Waals surface area (Å²) in [4.78, 5) is 18.1. The number of benzene rings is 3. The van der Waals surface area contributed by atoms with Crippen molar-refractivity contribution in [2.24, 2.45) is 11.3 Å². The van der Waals surface area contributed by atoms with E-state index in [0.29, 0.717) is 41.0 Å². The lowest BCUT2D eigenvalue weighted by molar-refractivity contribution is -0.137. The van der Waals surface area contributed by atoms with Crippen LogP contribution in [0.2, 0.25) is 0 Å². The molecule has 0 fully saturated rings. The molecule has 1 aliphatic heterocycles. The number of anilines is 1. The van der Waals surface area contributed by atoms with Crippen LogP contribution >= 0.6 is 0 Å². The SMILES string of the molecule is CCn1nnc2c(C)c([C@H](c3ccc(C)c(CN4C[C@@H](C)Cc5ccc(C(F)(F)F)cc5S4(=O)=O)c3)C(C)(C)C(=O)Nc3cccnc3)cc(OC)c21. The molecule has 280 valence electrons. The molecule has 0 spiro atoms. The number of pyridine rings is 1. The highest BCUT2D eigenvalue weighted by atomic mass is 32.2. The molecule has 2 atom stereocenters. The smallest absolute Gasteiger partial charge is 0.416 e. The van der Waals surface area contributed by atoms with E-state index in [2.05, 4.69) is 20.6 Å². The van der Waals surface area contributed by atoms with Crippen molar-refractivity contribution in [1.82, 2.24) is 24.3 Å². The summed E-state index contributed by atoms with van der Waals surface area (Å²) in [6.45, 7) is 11.9. The fourth-order valence-corrected chi connectivity index (χ4v) is 9.13. The average Bonchev–Trinajstić information content (AvgIpc) is 3.51. The summed E-state index contributed by atoms with van der Waals surface area (Å²) in [7, 11) is -2.75. The Kier molecular flexibility index (Phi) is 10.2. The number of carbonyl (C=O) groups is 1. The monoisotopic (exact) mass is 748 g/mol. The molecule has 0 radical (unpaired) electrons. The van der Waals surface area contributed by atoms with Gasteiger partial charge in [0.25, 0.3) is 0 Å². The largest absolute Gasteiger partial charge is 0.494 e. The van der Waals surface area contributed by atoms with E-state index in [1.165, 1.54) is 10.4 Å². The summed E-state index contributed by atoms with van der Waals surface area (Å²) >= 11 is 0. The lowest BCUT2D eigenvalue weighted by Gasteiger charge is -2.35. The number of hydrogen-bond acceptors (Lipinski definition) is 7. The molecule has 2 aromatic heterocycles. The fourth-order valence-electron chi connectivity index (χ4n) is 7.33. The summed E-state index contributed by atoms with van der Waals surface area (Å²) in [6, 6.07) is 14.1. The van der Waals surface area contributed by atoms with E-state index in [0.717, 1.165) is 39.9 Å². The first-order valence-electron chi connectivity index (χ1n) is 17.4. The highest BCUT2D eigenvalue weighted by Gasteiger charge is 2.42. The average molecular weight is 749 g/mol. The number of nitrogens with one attached hydrogen (secondary N) is 1. The van der Waals surface area contributed by atoms with E-state index in [1.807, 2.05) is 65.8 Å². The lowest BCUT2D eigenvalue weighted by Crippen LogP contribution is -2.37. The number of nitrogens with zero attached hydrogens (tertiary/aromatic N) is 5. The van der Waals surface area contributed by atoms with Crippen LogP contribution in [0.15, 0.2) is 71.9 Å². The number of alkyl halides is 3. The maximum absolute atomic E-state index is 14.3. The van der Waals surface area contributed by atoms with Crippen LogP contribution in [0.3, 0.4) is 0 Å². The number of ether oxygens (including phenoxy) is 1. The molecule has 10 nitrogen and oxygen atoms in total. The Balaban J connectivity index is 1.49. The first kappa shape index (κ1) is 37.9. The second kappa shape index (κ2) is 14.2. The lowest BCUT2D eigenvalue weighted by atomic mass is 9.69. The summed E-state index contributed by atoms with van der Waals surface area (Å²) in [5.74, 6) is -0.519. The molecule has 0 saturated heterocycles. The van der Waals surface area contributed by atoms with Crippen molar-refractivity contribution in [3.63, 3.8) is 0 Å². The molecule has 0 bridgehead atoms. The number of halogens is 3. The van der Waals surface area contributed by atoms with Gasteiger partial charge in [-0.2, -0.15) is 17.5 Å². The van der Waals surface area contributed by atoms with Gasteiger partial charge in [0.1, 0.15) is 16.8 Å². The molecule has 1 N–H and O–H groups in total. The van der Waals surface area contributed by atoms with Gasteiger partial charge in [-0.25, -0.2) is 13.1 Å². The second-order valence-electron chi connectivity index (χ2n) is 14.4. The third-order valence-corrected chi connectivity index (χ3v) is 12.1. The molecule has 0 unspecified atom stereocenters. The van der Waals surface area contributed by atoms with Crippen LogP contribution in [-0.4, -0.2) is 52.3 Å². The Morgan fingerprint density at radius 1 is 1.09 bits per heavy atom. The Morgan fingerprint density at radius 2 is 1.85 bits per heavy atom. The molecule has 1 aliphatic rings. The van der Waals surface area contributed by atoms with Gasteiger partial charge in [-0.15, -0.1) is 5.10 Å². The number of carbonyl (C=O) groups excluding carboxylic acids is 1. The molecule has 3 aromatic carbocycles. The third-order valence-electron chi connectivity index (χ3n) is 10.2. The van der Waals surface area contributed by atoms with Crippen LogP contribution in [0.5, 0.6) is 5.75 Å². The zero-order valence-corrected chi connectivity index (χ0v) is 31.6. The van der Waals surface area contributed by atoms with Gasteiger partial charge >= 0.3 is 6.18 Å². The van der Waals surface area contributed by atoms with E-state index in [-0.39, 0.29) is 29.8 Å². The Bertz CT molecular complexity index is 2290. The Labute approximate surface area is 307 Å². The second-order valence-corrected chi connectivity index (χ2v) is 16.3. The van der Waals surface area contributed by atoms with Crippen LogP contribution in [0.4, 0.5) is 18.9 Å². The fraction of sp³-hybridized carbons (Fsp3) is 0.385. The number of aromatic nitrogens is 4. The standard InChI is InChI=1S/C39H43F3N6O4S/c1-8-48-36-32(52-7)19-31(25(4)35(36)45-46-48)34(38(5,6)37(49)44-30-10-9-15-43-20-30)27-12-11-24(3)28(17-27)22-47-21-23(2)16-26-13-14-29(39(40,41)42)18-33(26)53(47,50)51/h9-15,17-20,23,34H,8,16,21-22H2,1-7H3,(H,44,49)/t23-,34-/m0/s1. The maximum atomic E-state index is 14.3. The third kappa shape index (κ3) is 7.13. The van der Waals surface area contributed by atoms with Gasteiger partial charge in [-0.3, -0.25) is 9.78 Å². The normalized spacial score (nSPS) is 16.9. The van der Waals surface area contributed by atoms with Crippen molar-refractivity contribution in [3.05, 3.63) is 106 Å². The van der Waals surface area contributed by atoms with Gasteiger partial charge in [0.15, 0.2) is 0 Å². The zero-order chi connectivity index (χ0) is 38.5. The summed E-state index contributed by atoms with van der Waals surface area (Å²) in [5.41, 5.74) is 3.85. The van der Waals surface area contributed by atoms with Gasteiger partial charge in [0.05, 0.1) is 34.9 Å². The number of sulfonamides is 1. The van der Waals surface area contributed by atoms with E-state index in [9.17, 15) is 26.4 Å². The molecule has 0 saturated carbocycles. The van der Waals surface area contributed by atoms with Gasteiger partial charge in [0, 0.05) is 31.7 Å². The molecule has 0 aliphatic carbocycles. The number of fused-ring (bicyclic) bond motifs is 2. The molecular weight excluding hydrogens is 706 g/mol. The molecule has 14 heteroatoms. The number of aryl methyl sites for hydroxylation is 3. The molecule has 3 heterocycles. The summed E-state index contributed by atoms with van der Waals surface area (Å²) in [5, 5.41) is 11.8. The number of methoxy groups -OCH3 is 1. The van der Waals surface area contributed by atoms with Crippen LogP contribution in [0.1, 0.15) is 72.6 Å². The quantitative estimate of drug-likeness (QED) is 0.164. The topological polar surface area (TPSA) is 119 Å². The minimum atomic E-state index is -4.70. The first-order chi connectivity index (χ1) is 25.0. The highest BCUT2D eigenvalue weighted by molar-refractivity contribution is 7.89. The predicted octanol–water partition coefficient (Wildman–Crippen LogP) is 7.67. The Morgan fingerprint density at radius 3 is 2.51 bits per heavy atom. The first-order valence-corrected chi connectivity index (χ1v) is 18.8. The van der Waals surface area contributed by atoms with Crippen molar-refractivity contribution in [3.8, 4) is 5.75 Å². The van der Waals surface area contributed by atoms with Crippen LogP contribution in [0.25, 0.3) is 11.0 Å². The number of rotatable bonds is 9. The Hall–Kier alpha value is -4.82. The van der Waals surface area contributed by atoms with E-state index >= 15 is 0 Å². The maximum Gasteiger partial charge on any atom is 0.416 e. The van der Waals surface area contributed by atoms with Gasteiger partial charge in [-0.1, -0.05) is 50.3 Å². The van der Waals surface area contributed by atoms with Gasteiger partial charge < -0.3 is 10.1 Å². The number of amides is 1. The van der Waals surface area contributed by atoms with Crippen LogP contribution in [0, 0.1) is 25.2 Å². The van der Waals surface area contributed by atoms with Crippen molar-refractivity contribution in [2.75, 3.05) is 19.0 Å². The van der Waals surface area contributed by atoms with E-state index in [4.69, 9.17) is 4.74 Å². The van der Waals surface area contributed by atoms with Crippen LogP contribution in [-0.2, 0) is 40.5 Å². The molecular formula is C39H43F3N6O4S. The van der Waals surface area contributed by atoms with Gasteiger partial charge in [-0.05, 0) is 96.8 Å². The predicted molar refractivity (Wildman–Crippen MR) is 196 cm³/mol.